The highest BCUT2D eigenvalue weighted by molar-refractivity contribution is 6.28. The Bertz CT molecular complexity index is 755. The van der Waals surface area contributed by atoms with E-state index in [-0.39, 0.29) is 11.5 Å². The zero-order chi connectivity index (χ0) is 15.7. The maximum atomic E-state index is 12.3. The summed E-state index contributed by atoms with van der Waals surface area (Å²) in [7, 11) is 1.59. The third kappa shape index (κ3) is 2.50. The van der Waals surface area contributed by atoms with Crippen LogP contribution in [0.2, 0.25) is 0 Å². The molecule has 0 fully saturated rings. The first-order valence-corrected chi connectivity index (χ1v) is 7.31. The Balaban J connectivity index is 2.13. The Morgan fingerprint density at radius 2 is 1.82 bits per heavy atom. The predicted octanol–water partition coefficient (Wildman–Crippen LogP) is 3.95. The molecule has 1 aliphatic carbocycles. The van der Waals surface area contributed by atoms with Crippen LogP contribution < -0.4 is 4.74 Å². The molecule has 1 N–H and O–H groups in total. The van der Waals surface area contributed by atoms with Gasteiger partial charge in [0.05, 0.1) is 12.7 Å². The van der Waals surface area contributed by atoms with Crippen molar-refractivity contribution in [1.29, 1.82) is 0 Å². The highest BCUT2D eigenvalue weighted by atomic mass is 16.5. The molecule has 3 rings (SSSR count). The van der Waals surface area contributed by atoms with E-state index in [1.165, 1.54) is 0 Å². The van der Waals surface area contributed by atoms with Gasteiger partial charge in [0.2, 0.25) is 0 Å². The zero-order valence-corrected chi connectivity index (χ0v) is 12.7. The lowest BCUT2D eigenvalue weighted by Crippen LogP contribution is -2.14. The van der Waals surface area contributed by atoms with Gasteiger partial charge in [-0.25, -0.2) is 0 Å². The summed E-state index contributed by atoms with van der Waals surface area (Å²) in [5.41, 5.74) is 4.17. The van der Waals surface area contributed by atoms with Gasteiger partial charge in [-0.05, 0) is 48.7 Å². The minimum absolute atomic E-state index is 0.00956. The zero-order valence-electron chi connectivity index (χ0n) is 12.7. The molecule has 2 aromatic rings. The number of Topliss-reactive ketones (excluding diaryl/α,β-unsaturated/α-hetero) is 1. The van der Waals surface area contributed by atoms with Crippen molar-refractivity contribution in [3.05, 3.63) is 64.7 Å². The van der Waals surface area contributed by atoms with E-state index in [1.807, 2.05) is 19.1 Å². The van der Waals surface area contributed by atoms with E-state index in [4.69, 9.17) is 4.74 Å². The van der Waals surface area contributed by atoms with Crippen molar-refractivity contribution in [3.63, 3.8) is 0 Å². The molecule has 3 nitrogen and oxygen atoms in total. The van der Waals surface area contributed by atoms with Crippen LogP contribution in [-0.4, -0.2) is 18.0 Å². The second-order valence-electron chi connectivity index (χ2n) is 5.54. The number of allylic oxidation sites excluding steroid dienone is 1. The number of aliphatic hydroxyl groups excluding tert-OH is 1. The lowest BCUT2D eigenvalue weighted by Gasteiger charge is -2.20. The highest BCUT2D eigenvalue weighted by Gasteiger charge is 2.25. The summed E-state index contributed by atoms with van der Waals surface area (Å²) in [5, 5.41) is 10.6. The Kier molecular flexibility index (Phi) is 3.72. The van der Waals surface area contributed by atoms with E-state index >= 15 is 0 Å². The fraction of sp³-hybridized carbons (Fsp3) is 0.211. The molecule has 1 aliphatic rings. The first-order chi connectivity index (χ1) is 10.6. The van der Waals surface area contributed by atoms with E-state index in [2.05, 4.69) is 6.07 Å². The van der Waals surface area contributed by atoms with Gasteiger partial charge in [0, 0.05) is 12.0 Å². The number of carbonyl (C=O) groups is 1. The van der Waals surface area contributed by atoms with Crippen LogP contribution in [-0.2, 0) is 11.2 Å². The van der Waals surface area contributed by atoms with Crippen LogP contribution in [0.1, 0.15) is 28.7 Å². The number of fused-ring (bicyclic) bond motifs is 1. The number of hydrogen-bond acceptors (Lipinski definition) is 3. The second-order valence-corrected chi connectivity index (χ2v) is 5.54. The number of methoxy groups -OCH3 is 1. The largest absolute Gasteiger partial charge is 0.507 e. The van der Waals surface area contributed by atoms with Crippen LogP contribution in [0.3, 0.4) is 0 Å². The molecular weight excluding hydrogens is 276 g/mol. The second kappa shape index (κ2) is 5.68. The van der Waals surface area contributed by atoms with Gasteiger partial charge in [0.1, 0.15) is 11.5 Å². The summed E-state index contributed by atoms with van der Waals surface area (Å²) in [6.07, 6.45) is 1.17. The molecule has 0 atom stereocenters. The Morgan fingerprint density at radius 3 is 2.50 bits per heavy atom. The molecule has 0 saturated carbocycles. The summed E-state index contributed by atoms with van der Waals surface area (Å²) in [6, 6.07) is 13.1. The lowest BCUT2D eigenvalue weighted by atomic mass is 9.84. The van der Waals surface area contributed by atoms with E-state index < -0.39 is 0 Å². The van der Waals surface area contributed by atoms with Crippen molar-refractivity contribution in [2.75, 3.05) is 7.11 Å². The minimum Gasteiger partial charge on any atom is -0.507 e. The monoisotopic (exact) mass is 294 g/mol. The van der Waals surface area contributed by atoms with Crippen LogP contribution in [0.5, 0.6) is 5.75 Å². The molecule has 0 bridgehead atoms. The molecule has 0 amide bonds. The number of aryl methyl sites for hydroxylation is 2. The van der Waals surface area contributed by atoms with Crippen LogP contribution >= 0.6 is 0 Å². The maximum Gasteiger partial charge on any atom is 0.167 e. The first kappa shape index (κ1) is 14.4. The van der Waals surface area contributed by atoms with Gasteiger partial charge in [-0.1, -0.05) is 23.8 Å². The summed E-state index contributed by atoms with van der Waals surface area (Å²) in [6.45, 7) is 2.03. The lowest BCUT2D eigenvalue weighted by molar-refractivity contribution is -0.113. The van der Waals surface area contributed by atoms with Gasteiger partial charge in [0.25, 0.3) is 0 Å². The Labute approximate surface area is 129 Å². The van der Waals surface area contributed by atoms with Crippen molar-refractivity contribution >= 4 is 17.1 Å². The van der Waals surface area contributed by atoms with E-state index in [1.54, 1.807) is 31.4 Å². The molecule has 0 heterocycles. The van der Waals surface area contributed by atoms with Gasteiger partial charge in [-0.3, -0.25) is 4.79 Å². The average molecular weight is 294 g/mol. The van der Waals surface area contributed by atoms with Gasteiger partial charge in [-0.2, -0.15) is 0 Å². The van der Waals surface area contributed by atoms with Gasteiger partial charge in [-0.15, -0.1) is 0 Å². The molecule has 0 aliphatic heterocycles. The molecule has 0 saturated heterocycles. The summed E-state index contributed by atoms with van der Waals surface area (Å²) in [5.74, 6) is 0.745. The fourth-order valence-electron chi connectivity index (χ4n) is 2.85. The fourth-order valence-corrected chi connectivity index (χ4v) is 2.85. The van der Waals surface area contributed by atoms with Crippen molar-refractivity contribution in [2.45, 2.75) is 19.8 Å². The van der Waals surface area contributed by atoms with E-state index in [9.17, 15) is 9.90 Å². The molecule has 2 aromatic carbocycles. The Morgan fingerprint density at radius 1 is 1.09 bits per heavy atom. The van der Waals surface area contributed by atoms with Crippen molar-refractivity contribution < 1.29 is 14.6 Å². The minimum atomic E-state index is -0.00956. The number of aliphatic hydroxyl groups is 1. The number of benzene rings is 2. The summed E-state index contributed by atoms with van der Waals surface area (Å²) >= 11 is 0. The van der Waals surface area contributed by atoms with Crippen molar-refractivity contribution in [3.8, 4) is 5.75 Å². The van der Waals surface area contributed by atoms with Crippen LogP contribution in [0.25, 0.3) is 11.3 Å². The van der Waals surface area contributed by atoms with E-state index in [0.29, 0.717) is 23.3 Å². The molecule has 0 unspecified atom stereocenters. The van der Waals surface area contributed by atoms with Crippen LogP contribution in [0.4, 0.5) is 0 Å². The molecular formula is C19H18O3. The number of rotatable bonds is 2. The summed E-state index contributed by atoms with van der Waals surface area (Å²) < 4.78 is 5.12. The van der Waals surface area contributed by atoms with E-state index in [0.717, 1.165) is 23.1 Å². The number of carbonyl (C=O) groups excluding carboxylic acids is 1. The number of ether oxygens (including phenoxy) is 1. The average Bonchev–Trinajstić information content (AvgIpc) is 2.54. The SMILES string of the molecule is COc1ccc(/C(O)=C2/C(=O)CCc3cc(C)ccc32)cc1. The standard InChI is InChI=1S/C19H18O3/c1-12-3-9-16-14(11-12)6-10-17(20)18(16)19(21)13-4-7-15(22-2)8-5-13/h3-5,7-9,11,21H,6,10H2,1-2H3/b19-18-. The van der Waals surface area contributed by atoms with Gasteiger partial charge >= 0.3 is 0 Å². The molecule has 22 heavy (non-hydrogen) atoms. The van der Waals surface area contributed by atoms with Crippen molar-refractivity contribution in [2.24, 2.45) is 0 Å². The van der Waals surface area contributed by atoms with Gasteiger partial charge in [0.15, 0.2) is 5.78 Å². The van der Waals surface area contributed by atoms with Gasteiger partial charge < -0.3 is 9.84 Å². The van der Waals surface area contributed by atoms with Crippen LogP contribution in [0.15, 0.2) is 42.5 Å². The smallest absolute Gasteiger partial charge is 0.167 e. The third-order valence-electron chi connectivity index (χ3n) is 4.03. The summed E-state index contributed by atoms with van der Waals surface area (Å²) in [4.78, 5) is 12.3. The number of hydrogen-bond donors (Lipinski definition) is 1. The predicted molar refractivity (Wildman–Crippen MR) is 86.9 cm³/mol. The normalized spacial score (nSPS) is 16.2. The molecule has 0 aromatic heterocycles. The van der Waals surface area contributed by atoms with Crippen LogP contribution in [0, 0.1) is 6.92 Å². The molecule has 0 spiro atoms. The first-order valence-electron chi connectivity index (χ1n) is 7.31. The molecule has 0 radical (unpaired) electrons. The third-order valence-corrected chi connectivity index (χ3v) is 4.03. The quantitative estimate of drug-likeness (QED) is 0.674. The van der Waals surface area contributed by atoms with Crippen molar-refractivity contribution in [1.82, 2.24) is 0 Å². The topological polar surface area (TPSA) is 46.5 Å². The molecule has 3 heteroatoms. The number of ketones is 1. The highest BCUT2D eigenvalue weighted by Crippen LogP contribution is 2.34. The Hall–Kier alpha value is -2.55. The molecule has 112 valence electrons. The maximum absolute atomic E-state index is 12.3.